The summed E-state index contributed by atoms with van der Waals surface area (Å²) in [7, 11) is 0. The number of nitrogens with one attached hydrogen (secondary N) is 1. The average molecular weight is 266 g/mol. The average Bonchev–Trinajstić information content (AvgIpc) is 2.42. The van der Waals surface area contributed by atoms with E-state index in [1.54, 1.807) is 0 Å². The molecule has 19 heavy (non-hydrogen) atoms. The summed E-state index contributed by atoms with van der Waals surface area (Å²) in [5, 5.41) is 19.7. The number of aliphatic carboxylic acids is 1. The number of carboxylic acid groups (broad SMARTS) is 1. The van der Waals surface area contributed by atoms with E-state index in [2.05, 4.69) is 5.32 Å². The zero-order valence-corrected chi connectivity index (χ0v) is 10.5. The molecule has 6 nitrogen and oxygen atoms in total. The van der Waals surface area contributed by atoms with E-state index in [1.165, 1.54) is 0 Å². The fraction of sp³-hybridized carbons (Fsp3) is 0.385. The molecule has 5 N–H and O–H groups in total. The molecule has 0 aliphatic carbocycles. The Labute approximate surface area is 111 Å². The van der Waals surface area contributed by atoms with Crippen molar-refractivity contribution in [1.82, 2.24) is 5.32 Å². The van der Waals surface area contributed by atoms with Crippen LogP contribution in [-0.4, -0.2) is 40.8 Å². The Balaban J connectivity index is 2.42. The highest BCUT2D eigenvalue weighted by Crippen LogP contribution is 2.04. The molecule has 0 radical (unpaired) electrons. The monoisotopic (exact) mass is 266 g/mol. The third-order valence-electron chi connectivity index (χ3n) is 2.72. The van der Waals surface area contributed by atoms with E-state index in [9.17, 15) is 9.59 Å². The van der Waals surface area contributed by atoms with Gasteiger partial charge in [0.15, 0.2) is 0 Å². The Morgan fingerprint density at radius 1 is 1.26 bits per heavy atom. The zero-order chi connectivity index (χ0) is 14.3. The number of hydrogen-bond donors (Lipinski definition) is 4. The molecule has 0 aliphatic rings. The molecule has 1 rings (SSSR count). The topological polar surface area (TPSA) is 113 Å². The minimum atomic E-state index is -1.31. The second-order valence-electron chi connectivity index (χ2n) is 4.21. The number of rotatable bonds is 7. The summed E-state index contributed by atoms with van der Waals surface area (Å²) in [4.78, 5) is 22.3. The molecule has 104 valence electrons. The van der Waals surface area contributed by atoms with Gasteiger partial charge in [0.25, 0.3) is 0 Å². The molecule has 1 aromatic carbocycles. The maximum absolute atomic E-state index is 11.6. The van der Waals surface area contributed by atoms with Crippen LogP contribution >= 0.6 is 0 Å². The van der Waals surface area contributed by atoms with Gasteiger partial charge in [-0.25, -0.2) is 4.79 Å². The van der Waals surface area contributed by atoms with Crippen LogP contribution in [0.15, 0.2) is 30.3 Å². The molecule has 0 aliphatic heterocycles. The van der Waals surface area contributed by atoms with Gasteiger partial charge in [0, 0.05) is 0 Å². The van der Waals surface area contributed by atoms with Crippen molar-refractivity contribution >= 4 is 11.9 Å². The molecule has 2 atom stereocenters. The molecule has 0 aromatic heterocycles. The van der Waals surface area contributed by atoms with Crippen LogP contribution in [0.3, 0.4) is 0 Å². The van der Waals surface area contributed by atoms with E-state index in [-0.39, 0.29) is 0 Å². The van der Waals surface area contributed by atoms with Gasteiger partial charge < -0.3 is 21.3 Å². The van der Waals surface area contributed by atoms with Crippen LogP contribution < -0.4 is 11.1 Å². The maximum atomic E-state index is 11.6. The highest BCUT2D eigenvalue weighted by molar-refractivity contribution is 5.86. The first-order valence-corrected chi connectivity index (χ1v) is 5.98. The van der Waals surface area contributed by atoms with E-state index >= 15 is 0 Å². The summed E-state index contributed by atoms with van der Waals surface area (Å²) in [5.41, 5.74) is 6.74. The Hall–Kier alpha value is -1.92. The van der Waals surface area contributed by atoms with Crippen molar-refractivity contribution in [2.24, 2.45) is 5.73 Å². The standard InChI is InChI=1S/C13H18N2O4/c14-10(7-6-9-4-2-1-3-5-9)12(17)15-11(8-16)13(18)19/h1-5,10-11,16H,6-8,14H2,(H,15,17)(H,18,19)/t10?,11-/m1/s1. The van der Waals surface area contributed by atoms with Crippen molar-refractivity contribution < 1.29 is 19.8 Å². The van der Waals surface area contributed by atoms with Crippen LogP contribution in [0.4, 0.5) is 0 Å². The largest absolute Gasteiger partial charge is 0.480 e. The molecule has 0 heterocycles. The van der Waals surface area contributed by atoms with Gasteiger partial charge >= 0.3 is 5.97 Å². The predicted molar refractivity (Wildman–Crippen MR) is 69.4 cm³/mol. The van der Waals surface area contributed by atoms with Gasteiger partial charge in [-0.15, -0.1) is 0 Å². The summed E-state index contributed by atoms with van der Waals surface area (Å²) in [6, 6.07) is 7.44. The molecule has 6 heteroatoms. The first kappa shape index (κ1) is 15.1. The number of carboxylic acids is 1. The fourth-order valence-corrected chi connectivity index (χ4v) is 1.56. The van der Waals surface area contributed by atoms with Crippen LogP contribution in [-0.2, 0) is 16.0 Å². The highest BCUT2D eigenvalue weighted by atomic mass is 16.4. The molecule has 1 unspecified atom stereocenters. The molecular formula is C13H18N2O4. The van der Waals surface area contributed by atoms with Gasteiger partial charge in [-0.3, -0.25) is 4.79 Å². The van der Waals surface area contributed by atoms with Gasteiger partial charge in [0.05, 0.1) is 12.6 Å². The van der Waals surface area contributed by atoms with Gasteiger partial charge in [-0.2, -0.15) is 0 Å². The van der Waals surface area contributed by atoms with Gasteiger partial charge in [-0.05, 0) is 18.4 Å². The van der Waals surface area contributed by atoms with Gasteiger partial charge in [0.1, 0.15) is 6.04 Å². The number of nitrogens with two attached hydrogens (primary N) is 1. The van der Waals surface area contributed by atoms with Crippen LogP contribution in [0.1, 0.15) is 12.0 Å². The van der Waals surface area contributed by atoms with E-state index in [0.717, 1.165) is 5.56 Å². The third-order valence-corrected chi connectivity index (χ3v) is 2.72. The zero-order valence-electron chi connectivity index (χ0n) is 10.5. The molecular weight excluding hydrogens is 248 g/mol. The molecule has 0 bridgehead atoms. The highest BCUT2D eigenvalue weighted by Gasteiger charge is 2.22. The fourth-order valence-electron chi connectivity index (χ4n) is 1.56. The number of carbonyl (C=O) groups is 2. The van der Waals surface area contributed by atoms with Crippen molar-refractivity contribution in [3.8, 4) is 0 Å². The van der Waals surface area contributed by atoms with Crippen LogP contribution in [0.5, 0.6) is 0 Å². The molecule has 0 fully saturated rings. The van der Waals surface area contributed by atoms with Crippen molar-refractivity contribution in [2.45, 2.75) is 24.9 Å². The van der Waals surface area contributed by atoms with E-state index in [0.29, 0.717) is 12.8 Å². The number of amides is 1. The lowest BCUT2D eigenvalue weighted by molar-refractivity contribution is -0.143. The summed E-state index contributed by atoms with van der Waals surface area (Å²) < 4.78 is 0. The number of aryl methyl sites for hydroxylation is 1. The van der Waals surface area contributed by atoms with Gasteiger partial charge in [0.2, 0.25) is 5.91 Å². The maximum Gasteiger partial charge on any atom is 0.328 e. The Morgan fingerprint density at radius 2 is 1.89 bits per heavy atom. The van der Waals surface area contributed by atoms with Crippen LogP contribution in [0.25, 0.3) is 0 Å². The SMILES string of the molecule is NC(CCc1ccccc1)C(=O)N[C@H](CO)C(=O)O. The second kappa shape index (κ2) is 7.50. The molecule has 1 amide bonds. The summed E-state index contributed by atoms with van der Waals surface area (Å²) in [6.07, 6.45) is 1.04. The van der Waals surface area contributed by atoms with Crippen molar-refractivity contribution in [3.63, 3.8) is 0 Å². The molecule has 0 saturated heterocycles. The quantitative estimate of drug-likeness (QED) is 0.532. The first-order valence-electron chi connectivity index (χ1n) is 5.98. The van der Waals surface area contributed by atoms with E-state index in [4.69, 9.17) is 15.9 Å². The number of aliphatic hydroxyl groups is 1. The number of benzene rings is 1. The molecule has 1 aromatic rings. The summed E-state index contributed by atoms with van der Waals surface area (Å²) in [5.74, 6) is -1.86. The Bertz CT molecular complexity index is 422. The van der Waals surface area contributed by atoms with E-state index < -0.39 is 30.6 Å². The Morgan fingerprint density at radius 3 is 2.42 bits per heavy atom. The summed E-state index contributed by atoms with van der Waals surface area (Å²) in [6.45, 7) is -0.660. The number of carbonyl (C=O) groups excluding carboxylic acids is 1. The lowest BCUT2D eigenvalue weighted by atomic mass is 10.1. The minimum Gasteiger partial charge on any atom is -0.480 e. The first-order chi connectivity index (χ1) is 9.04. The third kappa shape index (κ3) is 5.07. The molecule has 0 spiro atoms. The number of hydrogen-bond acceptors (Lipinski definition) is 4. The van der Waals surface area contributed by atoms with Crippen LogP contribution in [0.2, 0.25) is 0 Å². The normalized spacial score (nSPS) is 13.6. The predicted octanol–water partition coefficient (Wildman–Crippen LogP) is -0.492. The Kier molecular flexibility index (Phi) is 5.98. The van der Waals surface area contributed by atoms with Gasteiger partial charge in [-0.1, -0.05) is 30.3 Å². The van der Waals surface area contributed by atoms with Crippen molar-refractivity contribution in [3.05, 3.63) is 35.9 Å². The van der Waals surface area contributed by atoms with Crippen molar-refractivity contribution in [2.75, 3.05) is 6.61 Å². The van der Waals surface area contributed by atoms with Crippen molar-refractivity contribution in [1.29, 1.82) is 0 Å². The number of aliphatic hydroxyl groups excluding tert-OH is 1. The molecule has 0 saturated carbocycles. The smallest absolute Gasteiger partial charge is 0.328 e. The second-order valence-corrected chi connectivity index (χ2v) is 4.21. The van der Waals surface area contributed by atoms with Crippen LogP contribution in [0, 0.1) is 0 Å². The minimum absolute atomic E-state index is 0.410. The lowest BCUT2D eigenvalue weighted by Crippen LogP contribution is -2.50. The van der Waals surface area contributed by atoms with E-state index in [1.807, 2.05) is 30.3 Å². The summed E-state index contributed by atoms with van der Waals surface area (Å²) >= 11 is 0. The lowest BCUT2D eigenvalue weighted by Gasteiger charge is -2.16.